The highest BCUT2D eigenvalue weighted by molar-refractivity contribution is 5.59. The predicted octanol–water partition coefficient (Wildman–Crippen LogP) is 2.96. The highest BCUT2D eigenvalue weighted by Gasteiger charge is 2.10. The molecule has 1 aromatic carbocycles. The molecule has 0 aliphatic rings. The fourth-order valence-corrected chi connectivity index (χ4v) is 2.24. The van der Waals surface area contributed by atoms with Crippen molar-refractivity contribution in [3.63, 3.8) is 0 Å². The number of imidazole rings is 1. The van der Waals surface area contributed by atoms with Crippen LogP contribution in [0.25, 0.3) is 11.3 Å². The van der Waals surface area contributed by atoms with Gasteiger partial charge in [-0.2, -0.15) is 13.9 Å². The van der Waals surface area contributed by atoms with E-state index in [-0.39, 0.29) is 6.54 Å². The molecule has 0 saturated carbocycles. The average Bonchev–Trinajstić information content (AvgIpc) is 3.19. The number of nitrogens with one attached hydrogen (secondary N) is 2. The summed E-state index contributed by atoms with van der Waals surface area (Å²) in [5.41, 5.74) is 3.03. The largest absolute Gasteiger partial charge is 0.319 e. The Hall–Kier alpha value is -2.54. The van der Waals surface area contributed by atoms with Crippen molar-refractivity contribution in [2.75, 3.05) is 0 Å². The topological polar surface area (TPSA) is 58.5 Å². The molecule has 3 aromatic rings. The Morgan fingerprint density at radius 2 is 2.09 bits per heavy atom. The summed E-state index contributed by atoms with van der Waals surface area (Å²) in [5.74, 6) is 0.319. The molecule has 7 heteroatoms. The number of hydrogen-bond donors (Lipinski definition) is 2. The van der Waals surface area contributed by atoms with Crippen molar-refractivity contribution < 1.29 is 8.78 Å². The van der Waals surface area contributed by atoms with Crippen molar-refractivity contribution in [3.05, 3.63) is 60.3 Å². The van der Waals surface area contributed by atoms with E-state index < -0.39 is 6.55 Å². The van der Waals surface area contributed by atoms with Crippen LogP contribution in [-0.4, -0.2) is 19.7 Å². The van der Waals surface area contributed by atoms with E-state index in [1.807, 2.05) is 30.3 Å². The summed E-state index contributed by atoms with van der Waals surface area (Å²) in [4.78, 5) is 3.93. The summed E-state index contributed by atoms with van der Waals surface area (Å²) in [5, 5.41) is 9.97. The second-order valence-electron chi connectivity index (χ2n) is 4.80. The highest BCUT2D eigenvalue weighted by atomic mass is 19.3. The van der Waals surface area contributed by atoms with Crippen LogP contribution in [0.2, 0.25) is 0 Å². The van der Waals surface area contributed by atoms with Crippen LogP contribution in [0, 0.1) is 0 Å². The van der Waals surface area contributed by atoms with Gasteiger partial charge in [-0.25, -0.2) is 4.98 Å². The van der Waals surface area contributed by atoms with E-state index >= 15 is 0 Å². The summed E-state index contributed by atoms with van der Waals surface area (Å²) in [6, 6.07) is 9.84. The lowest BCUT2D eigenvalue weighted by molar-refractivity contribution is 0.0666. The Morgan fingerprint density at radius 3 is 2.86 bits per heavy atom. The molecular weight excluding hydrogens is 288 g/mol. The number of hydrogen-bond acceptors (Lipinski definition) is 3. The van der Waals surface area contributed by atoms with Gasteiger partial charge in [0.05, 0.1) is 12.2 Å². The standard InChI is InChI=1S/C15H15F2N5/c16-15(17)22-7-6-19-14(22)10-18-9-11-2-1-3-12(8-11)13-4-5-20-21-13/h1-8,15,18H,9-10H2,(H,20,21). The first kappa shape index (κ1) is 14.4. The number of benzene rings is 1. The van der Waals surface area contributed by atoms with E-state index in [9.17, 15) is 8.78 Å². The zero-order chi connectivity index (χ0) is 15.4. The zero-order valence-corrected chi connectivity index (χ0v) is 11.7. The van der Waals surface area contributed by atoms with Crippen LogP contribution >= 0.6 is 0 Å². The normalized spacial score (nSPS) is 11.2. The van der Waals surface area contributed by atoms with Gasteiger partial charge in [0, 0.05) is 25.1 Å². The molecule has 2 aromatic heterocycles. The smallest absolute Gasteiger partial charge is 0.306 e. The summed E-state index contributed by atoms with van der Waals surface area (Å²) in [7, 11) is 0. The second-order valence-corrected chi connectivity index (χ2v) is 4.80. The Kier molecular flexibility index (Phi) is 4.24. The van der Waals surface area contributed by atoms with Gasteiger partial charge in [-0.05, 0) is 23.3 Å². The van der Waals surface area contributed by atoms with Crippen molar-refractivity contribution in [3.8, 4) is 11.3 Å². The zero-order valence-electron chi connectivity index (χ0n) is 11.7. The van der Waals surface area contributed by atoms with Crippen molar-refractivity contribution in [1.82, 2.24) is 25.1 Å². The molecule has 3 rings (SSSR count). The number of nitrogens with zero attached hydrogens (tertiary/aromatic N) is 3. The Balaban J connectivity index is 1.62. The third kappa shape index (κ3) is 3.20. The van der Waals surface area contributed by atoms with E-state index in [4.69, 9.17) is 0 Å². The van der Waals surface area contributed by atoms with Gasteiger partial charge in [-0.3, -0.25) is 9.67 Å². The fraction of sp³-hybridized carbons (Fsp3) is 0.200. The second kappa shape index (κ2) is 6.48. The van der Waals surface area contributed by atoms with E-state index in [1.165, 1.54) is 12.4 Å². The summed E-state index contributed by atoms with van der Waals surface area (Å²) >= 11 is 0. The van der Waals surface area contributed by atoms with Crippen molar-refractivity contribution >= 4 is 0 Å². The molecule has 22 heavy (non-hydrogen) atoms. The molecule has 0 aliphatic heterocycles. The molecule has 2 heterocycles. The molecule has 0 radical (unpaired) electrons. The van der Waals surface area contributed by atoms with Crippen molar-refractivity contribution in [2.45, 2.75) is 19.6 Å². The monoisotopic (exact) mass is 303 g/mol. The van der Waals surface area contributed by atoms with Crippen LogP contribution < -0.4 is 5.32 Å². The molecule has 0 aliphatic carbocycles. The SMILES string of the molecule is FC(F)n1ccnc1CNCc1cccc(-c2ccn[nH]2)c1. The minimum atomic E-state index is -2.57. The summed E-state index contributed by atoms with van der Waals surface area (Å²) < 4.78 is 26.3. The molecule has 5 nitrogen and oxygen atoms in total. The quantitative estimate of drug-likeness (QED) is 0.736. The molecule has 0 bridgehead atoms. The Bertz CT molecular complexity index is 721. The molecule has 0 amide bonds. The first-order valence-electron chi connectivity index (χ1n) is 6.83. The van der Waals surface area contributed by atoms with Crippen LogP contribution in [0.3, 0.4) is 0 Å². The fourth-order valence-electron chi connectivity index (χ4n) is 2.24. The van der Waals surface area contributed by atoms with Crippen LogP contribution in [0.5, 0.6) is 0 Å². The van der Waals surface area contributed by atoms with Crippen molar-refractivity contribution in [2.24, 2.45) is 0 Å². The predicted molar refractivity (Wildman–Crippen MR) is 78.0 cm³/mol. The first-order valence-corrected chi connectivity index (χ1v) is 6.83. The maximum Gasteiger partial charge on any atom is 0.319 e. The van der Waals surface area contributed by atoms with Crippen LogP contribution in [0.4, 0.5) is 8.78 Å². The number of halogens is 2. The van der Waals surface area contributed by atoms with Gasteiger partial charge in [-0.15, -0.1) is 0 Å². The molecular formula is C15H15F2N5. The van der Waals surface area contributed by atoms with Gasteiger partial charge < -0.3 is 5.32 Å². The van der Waals surface area contributed by atoms with Gasteiger partial charge in [0.2, 0.25) is 0 Å². The number of aromatic nitrogens is 4. The van der Waals surface area contributed by atoms with Crippen molar-refractivity contribution in [1.29, 1.82) is 0 Å². The van der Waals surface area contributed by atoms with E-state index in [1.54, 1.807) is 6.20 Å². The van der Waals surface area contributed by atoms with Crippen LogP contribution in [-0.2, 0) is 13.1 Å². The molecule has 0 unspecified atom stereocenters. The molecule has 0 saturated heterocycles. The van der Waals surface area contributed by atoms with Crippen LogP contribution in [0.15, 0.2) is 48.9 Å². The minimum Gasteiger partial charge on any atom is -0.306 e. The number of H-pyrrole nitrogens is 1. The third-order valence-electron chi connectivity index (χ3n) is 3.31. The Morgan fingerprint density at radius 1 is 1.18 bits per heavy atom. The minimum absolute atomic E-state index is 0.283. The number of aromatic amines is 1. The summed E-state index contributed by atoms with van der Waals surface area (Å²) in [6.45, 7) is -1.72. The molecule has 0 fully saturated rings. The van der Waals surface area contributed by atoms with E-state index in [0.717, 1.165) is 21.4 Å². The van der Waals surface area contributed by atoms with E-state index in [2.05, 4.69) is 20.5 Å². The lowest BCUT2D eigenvalue weighted by Gasteiger charge is -2.08. The number of alkyl halides is 2. The molecule has 114 valence electrons. The maximum atomic E-state index is 12.7. The van der Waals surface area contributed by atoms with Gasteiger partial charge in [0.15, 0.2) is 0 Å². The van der Waals surface area contributed by atoms with E-state index in [0.29, 0.717) is 12.4 Å². The first-order chi connectivity index (χ1) is 10.7. The Labute approximate surface area is 126 Å². The van der Waals surface area contributed by atoms with Gasteiger partial charge >= 0.3 is 6.55 Å². The highest BCUT2D eigenvalue weighted by Crippen LogP contribution is 2.17. The maximum absolute atomic E-state index is 12.7. The number of rotatable bonds is 6. The lowest BCUT2D eigenvalue weighted by atomic mass is 10.1. The average molecular weight is 303 g/mol. The van der Waals surface area contributed by atoms with Gasteiger partial charge in [0.1, 0.15) is 5.82 Å². The molecule has 0 atom stereocenters. The summed E-state index contributed by atoms with van der Waals surface area (Å²) in [6.07, 6.45) is 4.35. The van der Waals surface area contributed by atoms with Gasteiger partial charge in [0.25, 0.3) is 0 Å². The van der Waals surface area contributed by atoms with Gasteiger partial charge in [-0.1, -0.05) is 18.2 Å². The molecule has 2 N–H and O–H groups in total. The third-order valence-corrected chi connectivity index (χ3v) is 3.31. The lowest BCUT2D eigenvalue weighted by Crippen LogP contribution is -2.17. The molecule has 0 spiro atoms. The van der Waals surface area contributed by atoms with Crippen LogP contribution in [0.1, 0.15) is 17.9 Å².